The Labute approximate surface area is 71.3 Å². The Kier molecular flexibility index (Phi) is 2.85. The van der Waals surface area contributed by atoms with Crippen LogP contribution in [0.25, 0.3) is 0 Å². The number of aliphatic hydroxyl groups excluding tert-OH is 3. The quantitative estimate of drug-likeness (QED) is 0.373. The molecule has 0 spiro atoms. The minimum atomic E-state index is -1.15. The van der Waals surface area contributed by atoms with Crippen LogP contribution in [0.15, 0.2) is 11.6 Å². The number of aliphatic hydroxyl groups is 3. The Morgan fingerprint density at radius 1 is 1.33 bits per heavy atom. The number of hydrogen-bond donors (Lipinski definition) is 4. The van der Waals surface area contributed by atoms with E-state index >= 15 is 0 Å². The number of hydrogen-bond acceptors (Lipinski definition) is 4. The van der Waals surface area contributed by atoms with Crippen LogP contribution >= 0.6 is 0 Å². The first kappa shape index (κ1) is 9.67. The highest BCUT2D eigenvalue weighted by molar-refractivity contribution is 5.20. The van der Waals surface area contributed by atoms with Gasteiger partial charge < -0.3 is 21.1 Å². The van der Waals surface area contributed by atoms with E-state index in [2.05, 4.69) is 0 Å². The van der Waals surface area contributed by atoms with Crippen LogP contribution in [-0.4, -0.2) is 39.7 Å². The Morgan fingerprint density at radius 2 is 1.92 bits per heavy atom. The molecule has 70 valence electrons. The van der Waals surface area contributed by atoms with E-state index in [1.807, 2.05) is 6.92 Å². The highest BCUT2D eigenvalue weighted by Gasteiger charge is 2.34. The summed E-state index contributed by atoms with van der Waals surface area (Å²) in [5.41, 5.74) is 6.19. The van der Waals surface area contributed by atoms with Gasteiger partial charge in [-0.3, -0.25) is 0 Å². The van der Waals surface area contributed by atoms with Gasteiger partial charge in [0, 0.05) is 0 Å². The minimum Gasteiger partial charge on any atom is -0.388 e. The van der Waals surface area contributed by atoms with Crippen LogP contribution in [0, 0.1) is 0 Å². The van der Waals surface area contributed by atoms with Crippen molar-refractivity contribution < 1.29 is 15.3 Å². The monoisotopic (exact) mass is 173 g/mol. The van der Waals surface area contributed by atoms with Gasteiger partial charge in [0.05, 0.1) is 6.04 Å². The van der Waals surface area contributed by atoms with Crippen molar-refractivity contribution in [1.82, 2.24) is 0 Å². The van der Waals surface area contributed by atoms with Gasteiger partial charge in [-0.2, -0.15) is 0 Å². The lowest BCUT2D eigenvalue weighted by Gasteiger charge is -2.32. The van der Waals surface area contributed by atoms with Crippen molar-refractivity contribution in [3.8, 4) is 0 Å². The first-order valence-corrected chi connectivity index (χ1v) is 4.08. The topological polar surface area (TPSA) is 86.7 Å². The molecule has 0 aliphatic heterocycles. The largest absolute Gasteiger partial charge is 0.388 e. The molecule has 1 rings (SSSR count). The molecule has 1 aliphatic rings. The molecule has 0 aromatic carbocycles. The van der Waals surface area contributed by atoms with Crippen LogP contribution in [0.2, 0.25) is 0 Å². The van der Waals surface area contributed by atoms with Crippen LogP contribution in [0.5, 0.6) is 0 Å². The molecular weight excluding hydrogens is 158 g/mol. The van der Waals surface area contributed by atoms with E-state index in [0.29, 0.717) is 12.0 Å². The van der Waals surface area contributed by atoms with E-state index in [4.69, 9.17) is 5.73 Å². The number of nitrogens with two attached hydrogens (primary N) is 1. The molecular formula is C8H15NO3. The van der Waals surface area contributed by atoms with Crippen LogP contribution in [-0.2, 0) is 0 Å². The zero-order chi connectivity index (χ0) is 9.30. The Bertz CT molecular complexity index is 193. The predicted molar refractivity (Wildman–Crippen MR) is 44.4 cm³/mol. The Balaban J connectivity index is 2.84. The molecule has 4 nitrogen and oxygen atoms in total. The zero-order valence-corrected chi connectivity index (χ0v) is 7.01. The maximum Gasteiger partial charge on any atom is 0.111 e. The van der Waals surface area contributed by atoms with Gasteiger partial charge in [0.1, 0.15) is 18.3 Å². The summed E-state index contributed by atoms with van der Waals surface area (Å²) in [5.74, 6) is 0. The van der Waals surface area contributed by atoms with Crippen molar-refractivity contribution in [2.45, 2.75) is 37.7 Å². The van der Waals surface area contributed by atoms with Crippen LogP contribution in [0.4, 0.5) is 0 Å². The van der Waals surface area contributed by atoms with E-state index in [-0.39, 0.29) is 0 Å². The van der Waals surface area contributed by atoms with Crippen molar-refractivity contribution in [1.29, 1.82) is 0 Å². The molecule has 0 heterocycles. The van der Waals surface area contributed by atoms with Gasteiger partial charge >= 0.3 is 0 Å². The van der Waals surface area contributed by atoms with E-state index in [1.165, 1.54) is 0 Å². The van der Waals surface area contributed by atoms with Gasteiger partial charge in [0.2, 0.25) is 0 Å². The summed E-state index contributed by atoms with van der Waals surface area (Å²) in [4.78, 5) is 0. The summed E-state index contributed by atoms with van der Waals surface area (Å²) in [5, 5.41) is 27.9. The third kappa shape index (κ3) is 1.51. The molecule has 0 radical (unpaired) electrons. The molecule has 3 unspecified atom stereocenters. The fourth-order valence-electron chi connectivity index (χ4n) is 1.41. The lowest BCUT2D eigenvalue weighted by molar-refractivity contribution is -0.0575. The molecule has 0 saturated heterocycles. The summed E-state index contributed by atoms with van der Waals surface area (Å²) in [6.07, 6.45) is -0.930. The molecule has 4 heteroatoms. The SMILES string of the molecule is CCC1=CC(N)C(O)[C@@H](O)C1O. The summed E-state index contributed by atoms with van der Waals surface area (Å²) in [6.45, 7) is 1.87. The third-order valence-electron chi connectivity index (χ3n) is 2.26. The van der Waals surface area contributed by atoms with Gasteiger partial charge in [-0.1, -0.05) is 13.0 Å². The lowest BCUT2D eigenvalue weighted by atomic mass is 9.87. The second kappa shape index (κ2) is 3.53. The second-order valence-corrected chi connectivity index (χ2v) is 3.10. The van der Waals surface area contributed by atoms with Crippen LogP contribution in [0.1, 0.15) is 13.3 Å². The third-order valence-corrected chi connectivity index (χ3v) is 2.26. The van der Waals surface area contributed by atoms with Crippen molar-refractivity contribution in [2.24, 2.45) is 5.73 Å². The Morgan fingerprint density at radius 3 is 2.42 bits per heavy atom. The fourth-order valence-corrected chi connectivity index (χ4v) is 1.41. The van der Waals surface area contributed by atoms with E-state index in [9.17, 15) is 15.3 Å². The molecule has 0 bridgehead atoms. The van der Waals surface area contributed by atoms with E-state index in [1.54, 1.807) is 6.08 Å². The summed E-state index contributed by atoms with van der Waals surface area (Å²) < 4.78 is 0. The normalized spacial score (nSPS) is 42.6. The lowest BCUT2D eigenvalue weighted by Crippen LogP contribution is -2.51. The molecule has 0 aromatic rings. The molecule has 5 N–H and O–H groups in total. The van der Waals surface area contributed by atoms with Gasteiger partial charge in [-0.05, 0) is 12.0 Å². The van der Waals surface area contributed by atoms with Crippen molar-refractivity contribution >= 4 is 0 Å². The smallest absolute Gasteiger partial charge is 0.111 e. The second-order valence-electron chi connectivity index (χ2n) is 3.10. The maximum absolute atomic E-state index is 9.39. The first-order valence-electron chi connectivity index (χ1n) is 4.08. The summed E-state index contributed by atoms with van der Waals surface area (Å²) in [6, 6.07) is -0.571. The average Bonchev–Trinajstić information content (AvgIpc) is 2.08. The molecule has 0 fully saturated rings. The maximum atomic E-state index is 9.39. The van der Waals surface area contributed by atoms with Gasteiger partial charge in [-0.15, -0.1) is 0 Å². The first-order chi connectivity index (χ1) is 5.57. The predicted octanol–water partition coefficient (Wildman–Crippen LogP) is -1.25. The van der Waals surface area contributed by atoms with Crippen molar-refractivity contribution in [3.05, 3.63) is 11.6 Å². The van der Waals surface area contributed by atoms with Crippen molar-refractivity contribution in [2.75, 3.05) is 0 Å². The van der Waals surface area contributed by atoms with Gasteiger partial charge in [0.25, 0.3) is 0 Å². The van der Waals surface area contributed by atoms with E-state index < -0.39 is 24.4 Å². The highest BCUT2D eigenvalue weighted by Crippen LogP contribution is 2.21. The van der Waals surface area contributed by atoms with Crippen molar-refractivity contribution in [3.63, 3.8) is 0 Å². The van der Waals surface area contributed by atoms with Crippen LogP contribution < -0.4 is 5.73 Å². The molecule has 12 heavy (non-hydrogen) atoms. The summed E-state index contributed by atoms with van der Waals surface area (Å²) in [7, 11) is 0. The molecule has 1 aliphatic carbocycles. The standard InChI is InChI=1S/C8H15NO3/c1-2-4-3-5(9)7(11)8(12)6(4)10/h3,5-8,10-12H,2,9H2,1H3/t5?,6?,7?,8-/m0/s1. The number of rotatable bonds is 1. The highest BCUT2D eigenvalue weighted by atomic mass is 16.4. The zero-order valence-electron chi connectivity index (χ0n) is 7.01. The van der Waals surface area contributed by atoms with E-state index in [0.717, 1.165) is 0 Å². The van der Waals surface area contributed by atoms with Gasteiger partial charge in [-0.25, -0.2) is 0 Å². The minimum absolute atomic E-state index is 0.571. The molecule has 0 amide bonds. The van der Waals surface area contributed by atoms with Gasteiger partial charge in [0.15, 0.2) is 0 Å². The Hall–Kier alpha value is -0.420. The molecule has 0 aromatic heterocycles. The van der Waals surface area contributed by atoms with Crippen LogP contribution in [0.3, 0.4) is 0 Å². The molecule has 4 atom stereocenters. The average molecular weight is 173 g/mol. The fraction of sp³-hybridized carbons (Fsp3) is 0.750. The summed E-state index contributed by atoms with van der Waals surface area (Å²) >= 11 is 0. The molecule has 0 saturated carbocycles.